The lowest BCUT2D eigenvalue weighted by atomic mass is 9.67. The largest absolute Gasteiger partial charge is 0.349 e. The van der Waals surface area contributed by atoms with Gasteiger partial charge in [-0.1, -0.05) is 40.7 Å². The van der Waals surface area contributed by atoms with Crippen molar-refractivity contribution in [3.63, 3.8) is 0 Å². The Morgan fingerprint density at radius 3 is 2.61 bits per heavy atom. The monoisotopic (exact) mass is 451 g/mol. The maximum absolute atomic E-state index is 12.9. The van der Waals surface area contributed by atoms with Gasteiger partial charge in [0.2, 0.25) is 0 Å². The van der Waals surface area contributed by atoms with Gasteiger partial charge in [0.15, 0.2) is 5.49 Å². The van der Waals surface area contributed by atoms with Gasteiger partial charge >= 0.3 is 5.69 Å². The summed E-state index contributed by atoms with van der Waals surface area (Å²) in [7, 11) is 1.82. The van der Waals surface area contributed by atoms with Crippen molar-refractivity contribution < 1.29 is 4.79 Å². The smallest absolute Gasteiger partial charge is 0.330 e. The van der Waals surface area contributed by atoms with E-state index in [0.29, 0.717) is 18.0 Å². The molecule has 1 N–H and O–H groups in total. The Hall–Kier alpha value is -2.70. The number of aromatic nitrogens is 3. The molecule has 0 bridgehead atoms. The number of hydrogen-bond donors (Lipinski definition) is 1. The summed E-state index contributed by atoms with van der Waals surface area (Å²) < 4.78 is 3.57. The van der Waals surface area contributed by atoms with E-state index in [4.69, 9.17) is 4.99 Å². The fourth-order valence-electron chi connectivity index (χ4n) is 5.21. The van der Waals surface area contributed by atoms with Crippen molar-refractivity contribution in [1.29, 1.82) is 0 Å². The van der Waals surface area contributed by atoms with Crippen molar-refractivity contribution in [3.8, 4) is 0 Å². The van der Waals surface area contributed by atoms with Crippen molar-refractivity contribution in [1.82, 2.24) is 19.4 Å². The molecule has 1 aliphatic heterocycles. The van der Waals surface area contributed by atoms with E-state index in [2.05, 4.69) is 51.0 Å². The van der Waals surface area contributed by atoms with Crippen LogP contribution in [-0.2, 0) is 13.6 Å². The number of nitrogens with one attached hydrogen (secondary N) is 1. The van der Waals surface area contributed by atoms with E-state index in [1.807, 2.05) is 11.6 Å². The first kappa shape index (κ1) is 23.5. The minimum atomic E-state index is -0.0489. The number of nitrogens with zero attached hydrogens (tertiary/aromatic N) is 4. The van der Waals surface area contributed by atoms with Gasteiger partial charge in [-0.25, -0.2) is 4.79 Å². The van der Waals surface area contributed by atoms with E-state index < -0.39 is 0 Å². The topological polar surface area (TPSA) is 81.3 Å². The second-order valence-corrected chi connectivity index (χ2v) is 11.6. The molecule has 2 aromatic rings. The second-order valence-electron chi connectivity index (χ2n) is 11.6. The number of pyridine rings is 1. The Morgan fingerprint density at radius 1 is 1.24 bits per heavy atom. The van der Waals surface area contributed by atoms with Crippen LogP contribution in [0.2, 0.25) is 0 Å². The van der Waals surface area contributed by atoms with Gasteiger partial charge in [0.05, 0.1) is 11.4 Å². The molecule has 1 amide bonds. The minimum absolute atomic E-state index is 0.00263. The summed E-state index contributed by atoms with van der Waals surface area (Å²) in [6.07, 6.45) is 9.31. The zero-order valence-corrected chi connectivity index (χ0v) is 20.8. The average Bonchev–Trinajstić information content (AvgIpc) is 2.99. The zero-order valence-electron chi connectivity index (χ0n) is 20.8. The summed E-state index contributed by atoms with van der Waals surface area (Å²) in [5, 5.41) is 4.24. The molecule has 0 saturated heterocycles. The van der Waals surface area contributed by atoms with Gasteiger partial charge in [0, 0.05) is 37.6 Å². The quantitative estimate of drug-likeness (QED) is 0.775. The third-order valence-electron chi connectivity index (χ3n) is 7.26. The summed E-state index contributed by atoms with van der Waals surface area (Å²) in [4.78, 5) is 34.8. The van der Waals surface area contributed by atoms with Crippen molar-refractivity contribution in [2.45, 2.75) is 78.9 Å². The Morgan fingerprint density at radius 2 is 1.94 bits per heavy atom. The Bertz CT molecular complexity index is 1200. The fourth-order valence-corrected chi connectivity index (χ4v) is 5.21. The summed E-state index contributed by atoms with van der Waals surface area (Å²) in [6.45, 7) is 11.6. The predicted molar refractivity (Wildman–Crippen MR) is 129 cm³/mol. The van der Waals surface area contributed by atoms with Crippen molar-refractivity contribution in [2.24, 2.45) is 28.8 Å². The number of imidazole rings is 1. The number of rotatable bonds is 4. The lowest BCUT2D eigenvalue weighted by molar-refractivity contribution is 0.0776. The number of hydrogen-bond acceptors (Lipinski definition) is 4. The van der Waals surface area contributed by atoms with Crippen LogP contribution in [0.3, 0.4) is 0 Å². The second kappa shape index (κ2) is 8.58. The molecule has 178 valence electrons. The molecule has 3 heterocycles. The third-order valence-corrected chi connectivity index (χ3v) is 7.26. The van der Waals surface area contributed by atoms with Gasteiger partial charge in [0.25, 0.3) is 5.91 Å². The molecule has 33 heavy (non-hydrogen) atoms. The van der Waals surface area contributed by atoms with Gasteiger partial charge in [-0.2, -0.15) is 0 Å². The normalized spacial score (nSPS) is 24.4. The molecule has 2 aliphatic rings. The first-order chi connectivity index (χ1) is 15.5. The highest BCUT2D eigenvalue weighted by atomic mass is 16.2. The van der Waals surface area contributed by atoms with Gasteiger partial charge < -0.3 is 5.32 Å². The third kappa shape index (κ3) is 4.82. The Balaban J connectivity index is 1.57. The molecule has 0 aromatic carbocycles. The van der Waals surface area contributed by atoms with E-state index >= 15 is 0 Å². The number of carbonyl (C=O) groups excluding carboxylic acids is 1. The molecule has 0 radical (unpaired) electrons. The van der Waals surface area contributed by atoms with Crippen LogP contribution in [0.25, 0.3) is 6.08 Å². The summed E-state index contributed by atoms with van der Waals surface area (Å²) in [5.74, 6) is 0.318. The van der Waals surface area contributed by atoms with Gasteiger partial charge in [-0.15, -0.1) is 0 Å². The molecule has 4 rings (SSSR count). The maximum atomic E-state index is 12.9. The average molecular weight is 452 g/mol. The van der Waals surface area contributed by atoms with Gasteiger partial charge in [-0.3, -0.25) is 23.9 Å². The molecule has 3 atom stereocenters. The Kier molecular flexibility index (Phi) is 6.10. The van der Waals surface area contributed by atoms with E-state index in [9.17, 15) is 9.59 Å². The maximum Gasteiger partial charge on any atom is 0.330 e. The van der Waals surface area contributed by atoms with E-state index in [1.54, 1.807) is 29.1 Å². The molecule has 1 saturated carbocycles. The molecular weight excluding hydrogens is 414 g/mol. The fraction of sp³-hybridized carbons (Fsp3) is 0.615. The molecule has 2 aromatic heterocycles. The van der Waals surface area contributed by atoms with Gasteiger partial charge in [-0.05, 0) is 54.6 Å². The highest BCUT2D eigenvalue weighted by molar-refractivity contribution is 5.94. The van der Waals surface area contributed by atoms with Crippen LogP contribution in [0.5, 0.6) is 0 Å². The standard InChI is InChI=1S/C26H37N5O2/c1-25(2,3)16-31-20-8-7-19(28-22(20)30(6)24(31)33)18-9-12-26(4,5)21(15-18)29-23(32)17-10-13-27-14-11-17/h8,10-11,13-14,18-19,21H,7,9,12,15-16H2,1-6H3,(H,29,32). The zero-order chi connectivity index (χ0) is 24.0. The first-order valence-corrected chi connectivity index (χ1v) is 12.0. The lowest BCUT2D eigenvalue weighted by Gasteiger charge is -2.44. The van der Waals surface area contributed by atoms with E-state index in [1.165, 1.54) is 0 Å². The predicted octanol–water partition coefficient (Wildman–Crippen LogP) is 2.43. The summed E-state index contributed by atoms with van der Waals surface area (Å²) >= 11 is 0. The molecule has 7 heteroatoms. The van der Waals surface area contributed by atoms with Gasteiger partial charge in [0.1, 0.15) is 0 Å². The van der Waals surface area contributed by atoms with Crippen molar-refractivity contribution in [3.05, 3.63) is 51.4 Å². The number of fused-ring (bicyclic) bond motifs is 1. The SMILES string of the molecule is Cn1c2c(n(CC(C)(C)C)c1=O)=CCC(C1CCC(C)(C)C(NC(=O)c3ccncc3)C1)N=2. The summed E-state index contributed by atoms with van der Waals surface area (Å²) in [5.41, 5.74) is 1.47. The Labute approximate surface area is 195 Å². The molecule has 7 nitrogen and oxygen atoms in total. The van der Waals surface area contributed by atoms with Crippen LogP contribution in [0, 0.1) is 16.7 Å². The molecule has 1 aliphatic carbocycles. The van der Waals surface area contributed by atoms with Crippen molar-refractivity contribution >= 4 is 12.0 Å². The van der Waals surface area contributed by atoms with Crippen LogP contribution in [0.15, 0.2) is 34.3 Å². The molecule has 3 unspecified atom stereocenters. The van der Waals surface area contributed by atoms with E-state index in [-0.39, 0.29) is 34.5 Å². The highest BCUT2D eigenvalue weighted by Gasteiger charge is 2.40. The van der Waals surface area contributed by atoms with Crippen LogP contribution >= 0.6 is 0 Å². The molecule has 1 fully saturated rings. The number of amides is 1. The molecule has 0 spiro atoms. The van der Waals surface area contributed by atoms with E-state index in [0.717, 1.165) is 36.5 Å². The van der Waals surface area contributed by atoms with Crippen LogP contribution in [-0.4, -0.2) is 32.1 Å². The minimum Gasteiger partial charge on any atom is -0.349 e. The lowest BCUT2D eigenvalue weighted by Crippen LogP contribution is -2.51. The first-order valence-electron chi connectivity index (χ1n) is 12.0. The van der Waals surface area contributed by atoms with Crippen LogP contribution in [0.1, 0.15) is 70.7 Å². The summed E-state index contributed by atoms with van der Waals surface area (Å²) in [6, 6.07) is 3.70. The number of carbonyl (C=O) groups is 1. The highest BCUT2D eigenvalue weighted by Crippen LogP contribution is 2.41. The van der Waals surface area contributed by atoms with Crippen LogP contribution < -0.4 is 21.8 Å². The molecular formula is C26H37N5O2. The van der Waals surface area contributed by atoms with Crippen LogP contribution in [0.4, 0.5) is 0 Å². The van der Waals surface area contributed by atoms with Crippen molar-refractivity contribution in [2.75, 3.05) is 0 Å².